The summed E-state index contributed by atoms with van der Waals surface area (Å²) in [5.41, 5.74) is 9.59. The molecule has 8 nitrogen and oxygen atoms in total. The highest BCUT2D eigenvalue weighted by Crippen LogP contribution is 2.32. The van der Waals surface area contributed by atoms with Crippen LogP contribution in [0.2, 0.25) is 0 Å². The monoisotopic (exact) mass is 648 g/mol. The number of aromatic nitrogens is 1. The van der Waals surface area contributed by atoms with E-state index in [2.05, 4.69) is 68.8 Å². The average molecular weight is 650 g/mol. The number of rotatable bonds is 11. The maximum absolute atomic E-state index is 12.8. The fraction of sp³-hybridized carbons (Fsp3) is 0.0857. The molecule has 4 aromatic carbocycles. The lowest BCUT2D eigenvalue weighted by molar-refractivity contribution is -0.384. The number of benzene rings is 4. The van der Waals surface area contributed by atoms with E-state index in [4.69, 9.17) is 4.74 Å². The van der Waals surface area contributed by atoms with Crippen LogP contribution in [-0.4, -0.2) is 21.6 Å². The zero-order valence-electron chi connectivity index (χ0n) is 23.9. The predicted octanol–water partition coefficient (Wildman–Crippen LogP) is 8.19. The molecular formula is C35H29BrN4O4. The van der Waals surface area contributed by atoms with E-state index in [0.29, 0.717) is 27.8 Å². The number of nitro groups is 1. The van der Waals surface area contributed by atoms with Crippen molar-refractivity contribution in [1.82, 2.24) is 9.99 Å². The van der Waals surface area contributed by atoms with E-state index in [9.17, 15) is 14.9 Å². The Morgan fingerprint density at radius 2 is 1.80 bits per heavy atom. The minimum absolute atomic E-state index is 0.00854. The van der Waals surface area contributed by atoms with Crippen LogP contribution in [0.1, 0.15) is 32.7 Å². The van der Waals surface area contributed by atoms with Crippen molar-refractivity contribution in [3.63, 3.8) is 0 Å². The van der Waals surface area contributed by atoms with Gasteiger partial charge in [-0.05, 0) is 100 Å². The van der Waals surface area contributed by atoms with Crippen LogP contribution in [0.15, 0.2) is 125 Å². The van der Waals surface area contributed by atoms with Crippen LogP contribution in [-0.2, 0) is 13.0 Å². The van der Waals surface area contributed by atoms with E-state index < -0.39 is 4.92 Å². The molecule has 44 heavy (non-hydrogen) atoms. The van der Waals surface area contributed by atoms with Gasteiger partial charge in [0.2, 0.25) is 0 Å². The van der Waals surface area contributed by atoms with Crippen LogP contribution in [0.4, 0.5) is 5.69 Å². The molecule has 5 rings (SSSR count). The van der Waals surface area contributed by atoms with Gasteiger partial charge in [0.15, 0.2) is 0 Å². The lowest BCUT2D eigenvalue weighted by atomic mass is 10.1. The summed E-state index contributed by atoms with van der Waals surface area (Å²) in [6.07, 6.45) is 3.84. The highest BCUT2D eigenvalue weighted by Gasteiger charge is 2.13. The molecule has 0 radical (unpaired) electrons. The molecule has 1 N–H and O–H groups in total. The van der Waals surface area contributed by atoms with Crippen LogP contribution in [0.3, 0.4) is 0 Å². The topological polar surface area (TPSA) is 98.8 Å². The molecule has 0 aliphatic rings. The summed E-state index contributed by atoms with van der Waals surface area (Å²) in [5, 5.41) is 15.3. The molecule has 9 heteroatoms. The first kappa shape index (κ1) is 30.2. The van der Waals surface area contributed by atoms with Gasteiger partial charge in [0.25, 0.3) is 11.6 Å². The zero-order valence-corrected chi connectivity index (χ0v) is 25.5. The molecule has 220 valence electrons. The van der Waals surface area contributed by atoms with Crippen molar-refractivity contribution < 1.29 is 14.5 Å². The Morgan fingerprint density at radius 3 is 2.52 bits per heavy atom. The van der Waals surface area contributed by atoms with Gasteiger partial charge in [0.05, 0.1) is 21.3 Å². The number of halogens is 1. The van der Waals surface area contributed by atoms with Crippen molar-refractivity contribution in [2.24, 2.45) is 5.10 Å². The molecule has 0 bridgehead atoms. The molecule has 0 saturated carbocycles. The summed E-state index contributed by atoms with van der Waals surface area (Å²) in [5.74, 6) is 0.272. The number of ether oxygens (including phenoxy) is 1. The molecule has 0 spiro atoms. The van der Waals surface area contributed by atoms with Gasteiger partial charge in [-0.25, -0.2) is 5.43 Å². The van der Waals surface area contributed by atoms with Crippen LogP contribution in [0, 0.1) is 17.0 Å². The molecule has 1 amide bonds. The Morgan fingerprint density at radius 1 is 1.02 bits per heavy atom. The minimum Gasteiger partial charge on any atom is -0.487 e. The average Bonchev–Trinajstić information content (AvgIpc) is 3.42. The van der Waals surface area contributed by atoms with Gasteiger partial charge in [-0.2, -0.15) is 5.10 Å². The second kappa shape index (κ2) is 13.8. The third kappa shape index (κ3) is 7.02. The standard InChI is InChI=1S/C35H29BrN4O4/c1-3-8-29-19-26(21-32(36)34(29)44-23-25-9-7-12-31(20-25)40(42)43)22-37-38-35(41)28-14-16-30(17-15-28)39-24(2)13-18-33(39)27-10-5-4-6-11-27/h3-7,9-22H,1,8,23H2,2H3,(H,38,41)/b37-22+. The van der Waals surface area contributed by atoms with Crippen molar-refractivity contribution in [3.05, 3.63) is 158 Å². The first-order chi connectivity index (χ1) is 21.3. The number of carbonyl (C=O) groups is 1. The summed E-state index contributed by atoms with van der Waals surface area (Å²) in [6, 6.07) is 31.8. The summed E-state index contributed by atoms with van der Waals surface area (Å²) < 4.78 is 8.88. The largest absolute Gasteiger partial charge is 0.487 e. The van der Waals surface area contributed by atoms with Crippen molar-refractivity contribution in [2.75, 3.05) is 0 Å². The third-order valence-electron chi connectivity index (χ3n) is 6.92. The first-order valence-electron chi connectivity index (χ1n) is 13.8. The Hall–Kier alpha value is -5.28. The number of nitrogens with one attached hydrogen (secondary N) is 1. The summed E-state index contributed by atoms with van der Waals surface area (Å²) in [6.45, 7) is 6.04. The molecule has 0 aliphatic heterocycles. The number of amides is 1. The number of hydrogen-bond donors (Lipinski definition) is 1. The van der Waals surface area contributed by atoms with Crippen molar-refractivity contribution in [2.45, 2.75) is 20.0 Å². The quantitative estimate of drug-likeness (QED) is 0.0675. The summed E-state index contributed by atoms with van der Waals surface area (Å²) in [7, 11) is 0. The lowest BCUT2D eigenvalue weighted by Gasteiger charge is -2.14. The van der Waals surface area contributed by atoms with Crippen molar-refractivity contribution in [3.8, 4) is 22.7 Å². The van der Waals surface area contributed by atoms with E-state index in [1.54, 1.807) is 36.6 Å². The second-order valence-electron chi connectivity index (χ2n) is 10.0. The van der Waals surface area contributed by atoms with Crippen LogP contribution in [0.25, 0.3) is 16.9 Å². The summed E-state index contributed by atoms with van der Waals surface area (Å²) >= 11 is 3.57. The Bertz CT molecular complexity index is 1850. The molecular weight excluding hydrogens is 620 g/mol. The van der Waals surface area contributed by atoms with Gasteiger partial charge >= 0.3 is 0 Å². The van der Waals surface area contributed by atoms with Gasteiger partial charge in [-0.15, -0.1) is 6.58 Å². The smallest absolute Gasteiger partial charge is 0.271 e. The molecule has 1 aromatic heterocycles. The molecule has 0 aliphatic carbocycles. The molecule has 1 heterocycles. The Balaban J connectivity index is 1.26. The molecule has 5 aromatic rings. The van der Waals surface area contributed by atoms with Crippen LogP contribution < -0.4 is 10.2 Å². The van der Waals surface area contributed by atoms with Gasteiger partial charge in [0, 0.05) is 29.1 Å². The second-order valence-corrected chi connectivity index (χ2v) is 10.9. The van der Waals surface area contributed by atoms with Gasteiger partial charge in [-0.1, -0.05) is 48.5 Å². The highest BCUT2D eigenvalue weighted by molar-refractivity contribution is 9.10. The zero-order chi connectivity index (χ0) is 31.1. The highest BCUT2D eigenvalue weighted by atomic mass is 79.9. The first-order valence-corrected chi connectivity index (χ1v) is 14.6. The molecule has 0 saturated heterocycles. The fourth-order valence-corrected chi connectivity index (χ4v) is 5.47. The molecule has 0 atom stereocenters. The van der Waals surface area contributed by atoms with E-state index in [1.165, 1.54) is 12.1 Å². The number of aryl methyl sites for hydroxylation is 1. The number of nitro benzene ring substituents is 1. The predicted molar refractivity (Wildman–Crippen MR) is 176 cm³/mol. The maximum atomic E-state index is 12.8. The van der Waals surface area contributed by atoms with Gasteiger partial charge in [0.1, 0.15) is 12.4 Å². The van der Waals surface area contributed by atoms with Gasteiger partial charge in [-0.3, -0.25) is 14.9 Å². The number of non-ortho nitro benzene ring substituents is 1. The molecule has 0 unspecified atom stereocenters. The lowest BCUT2D eigenvalue weighted by Crippen LogP contribution is -2.17. The Labute approximate surface area is 263 Å². The summed E-state index contributed by atoms with van der Waals surface area (Å²) in [4.78, 5) is 23.5. The fourth-order valence-electron chi connectivity index (χ4n) is 4.84. The van der Waals surface area contributed by atoms with Crippen LogP contribution >= 0.6 is 15.9 Å². The number of carbonyl (C=O) groups excluding carboxylic acids is 1. The maximum Gasteiger partial charge on any atom is 0.271 e. The van der Waals surface area contributed by atoms with Crippen LogP contribution in [0.5, 0.6) is 5.75 Å². The van der Waals surface area contributed by atoms with Crippen molar-refractivity contribution in [1.29, 1.82) is 0 Å². The number of nitrogens with zero attached hydrogens (tertiary/aromatic N) is 3. The number of allylic oxidation sites excluding steroid dienone is 1. The van der Waals surface area contributed by atoms with E-state index in [0.717, 1.165) is 33.8 Å². The Kier molecular flexibility index (Phi) is 9.46. The SMILES string of the molecule is C=CCc1cc(/C=N/NC(=O)c2ccc(-n3c(C)ccc3-c3ccccc3)cc2)cc(Br)c1OCc1cccc([N+](=O)[O-])c1. The number of hydrazone groups is 1. The van der Waals surface area contributed by atoms with Gasteiger partial charge < -0.3 is 9.30 Å². The third-order valence-corrected chi connectivity index (χ3v) is 7.51. The van der Waals surface area contributed by atoms with E-state index in [-0.39, 0.29) is 18.2 Å². The normalized spacial score (nSPS) is 11.0. The van der Waals surface area contributed by atoms with E-state index >= 15 is 0 Å². The number of hydrogen-bond acceptors (Lipinski definition) is 5. The van der Waals surface area contributed by atoms with E-state index in [1.807, 2.05) is 42.5 Å². The molecule has 0 fully saturated rings. The van der Waals surface area contributed by atoms with Crippen molar-refractivity contribution >= 4 is 33.7 Å². The minimum atomic E-state index is -0.434.